The zero-order chi connectivity index (χ0) is 16.2. The lowest BCUT2D eigenvalue weighted by Crippen LogP contribution is -2.51. The highest BCUT2D eigenvalue weighted by Gasteiger charge is 2.31. The summed E-state index contributed by atoms with van der Waals surface area (Å²) in [5, 5.41) is 0. The van der Waals surface area contributed by atoms with Crippen LogP contribution in [0.3, 0.4) is 0 Å². The van der Waals surface area contributed by atoms with E-state index >= 15 is 0 Å². The molecule has 0 amide bonds. The van der Waals surface area contributed by atoms with E-state index in [1.165, 1.54) is 51.6 Å². The molecule has 3 heteroatoms. The lowest BCUT2D eigenvalue weighted by atomic mass is 9.81. The minimum absolute atomic E-state index is 0.799. The topological polar surface area (TPSA) is 15.7 Å². The van der Waals surface area contributed by atoms with Gasteiger partial charge in [-0.3, -0.25) is 4.90 Å². The Bertz CT molecular complexity index is 484. The van der Waals surface area contributed by atoms with Crippen LogP contribution in [0.5, 0.6) is 0 Å². The third-order valence-electron chi connectivity index (χ3n) is 6.55. The van der Waals surface area contributed by atoms with Gasteiger partial charge < -0.3 is 9.64 Å². The minimum Gasteiger partial charge on any atom is -0.379 e. The van der Waals surface area contributed by atoms with E-state index in [1.807, 2.05) is 0 Å². The number of nitrogens with zero attached hydrogens (tertiary/aromatic N) is 2. The van der Waals surface area contributed by atoms with Crippen molar-refractivity contribution < 1.29 is 4.74 Å². The molecule has 3 nitrogen and oxygen atoms in total. The van der Waals surface area contributed by atoms with E-state index in [0.717, 1.165) is 44.3 Å². The van der Waals surface area contributed by atoms with E-state index in [4.69, 9.17) is 4.74 Å². The molecule has 1 aromatic rings. The fourth-order valence-corrected chi connectivity index (χ4v) is 5.06. The van der Waals surface area contributed by atoms with Gasteiger partial charge in [-0.25, -0.2) is 0 Å². The first-order valence-corrected chi connectivity index (χ1v) is 10.0. The molecule has 1 saturated carbocycles. The van der Waals surface area contributed by atoms with Crippen LogP contribution in [0.4, 0.5) is 0 Å². The molecule has 0 N–H and O–H groups in total. The Kier molecular flexibility index (Phi) is 5.51. The van der Waals surface area contributed by atoms with Gasteiger partial charge >= 0.3 is 0 Å². The van der Waals surface area contributed by atoms with Gasteiger partial charge in [0.2, 0.25) is 0 Å². The minimum atomic E-state index is 0.799. The average Bonchev–Trinajstić information content (AvgIpc) is 2.70. The van der Waals surface area contributed by atoms with Gasteiger partial charge in [0, 0.05) is 25.2 Å². The Labute approximate surface area is 147 Å². The second-order valence-electron chi connectivity index (χ2n) is 7.83. The zero-order valence-electron chi connectivity index (χ0n) is 14.9. The van der Waals surface area contributed by atoms with Gasteiger partial charge in [-0.1, -0.05) is 30.3 Å². The second-order valence-corrected chi connectivity index (χ2v) is 7.83. The normalized spacial score (nSPS) is 31.2. The van der Waals surface area contributed by atoms with Crippen LogP contribution in [0.2, 0.25) is 0 Å². The summed E-state index contributed by atoms with van der Waals surface area (Å²) in [4.78, 5) is 5.48. The van der Waals surface area contributed by atoms with Gasteiger partial charge in [0.15, 0.2) is 0 Å². The van der Waals surface area contributed by atoms with Crippen molar-refractivity contribution >= 4 is 0 Å². The SMILES string of the molecule is c1ccc(C2CCC(N3CCC(N4CCOCC4)CC3)CC2)cc1. The van der Waals surface area contributed by atoms with Crippen LogP contribution in [-0.4, -0.2) is 61.3 Å². The van der Waals surface area contributed by atoms with Gasteiger partial charge in [-0.15, -0.1) is 0 Å². The summed E-state index contributed by atoms with van der Waals surface area (Å²) in [6.45, 7) is 6.78. The summed E-state index contributed by atoms with van der Waals surface area (Å²) < 4.78 is 5.50. The molecule has 4 rings (SSSR count). The molecule has 132 valence electrons. The van der Waals surface area contributed by atoms with Crippen molar-refractivity contribution in [1.29, 1.82) is 0 Å². The molecule has 2 heterocycles. The average molecular weight is 329 g/mol. The maximum Gasteiger partial charge on any atom is 0.0594 e. The fourth-order valence-electron chi connectivity index (χ4n) is 5.06. The van der Waals surface area contributed by atoms with Crippen molar-refractivity contribution in [2.45, 2.75) is 56.5 Å². The first-order chi connectivity index (χ1) is 11.9. The summed E-state index contributed by atoms with van der Waals surface area (Å²) >= 11 is 0. The number of rotatable bonds is 3. The Morgan fingerprint density at radius 2 is 1.25 bits per heavy atom. The van der Waals surface area contributed by atoms with Gasteiger partial charge in [0.25, 0.3) is 0 Å². The molecule has 0 bridgehead atoms. The number of hydrogen-bond acceptors (Lipinski definition) is 3. The van der Waals surface area contributed by atoms with Crippen LogP contribution < -0.4 is 0 Å². The molecule has 0 aromatic heterocycles. The number of ether oxygens (including phenoxy) is 1. The van der Waals surface area contributed by atoms with Crippen molar-refractivity contribution in [2.75, 3.05) is 39.4 Å². The Morgan fingerprint density at radius 1 is 0.667 bits per heavy atom. The molecule has 2 saturated heterocycles. The van der Waals surface area contributed by atoms with E-state index < -0.39 is 0 Å². The van der Waals surface area contributed by atoms with Crippen molar-refractivity contribution in [1.82, 2.24) is 9.80 Å². The molecule has 0 spiro atoms. The van der Waals surface area contributed by atoms with E-state index in [0.29, 0.717) is 0 Å². The quantitative estimate of drug-likeness (QED) is 0.844. The van der Waals surface area contributed by atoms with Crippen LogP contribution >= 0.6 is 0 Å². The lowest BCUT2D eigenvalue weighted by molar-refractivity contribution is -0.00550. The standard InChI is InChI=1S/C21H32N2O/c1-2-4-18(5-3-1)19-6-8-20(9-7-19)22-12-10-21(11-13-22)23-14-16-24-17-15-23/h1-5,19-21H,6-17H2. The molecule has 2 aliphatic heterocycles. The van der Waals surface area contributed by atoms with Crippen molar-refractivity contribution in [3.63, 3.8) is 0 Å². The van der Waals surface area contributed by atoms with Crippen LogP contribution in [-0.2, 0) is 4.74 Å². The molecule has 3 aliphatic rings. The van der Waals surface area contributed by atoms with Crippen LogP contribution in [0, 0.1) is 0 Å². The number of morpholine rings is 1. The van der Waals surface area contributed by atoms with Crippen LogP contribution in [0.25, 0.3) is 0 Å². The number of hydrogen-bond donors (Lipinski definition) is 0. The van der Waals surface area contributed by atoms with Crippen LogP contribution in [0.15, 0.2) is 30.3 Å². The molecule has 1 aromatic carbocycles. The highest BCUT2D eigenvalue weighted by molar-refractivity contribution is 5.20. The van der Waals surface area contributed by atoms with Crippen molar-refractivity contribution in [2.24, 2.45) is 0 Å². The summed E-state index contributed by atoms with van der Waals surface area (Å²) in [5.74, 6) is 0.799. The predicted molar refractivity (Wildman–Crippen MR) is 98.4 cm³/mol. The fraction of sp³-hybridized carbons (Fsp3) is 0.714. The molecule has 0 unspecified atom stereocenters. The Balaban J connectivity index is 1.24. The number of piperidine rings is 1. The van der Waals surface area contributed by atoms with Crippen molar-refractivity contribution in [3.05, 3.63) is 35.9 Å². The monoisotopic (exact) mass is 328 g/mol. The summed E-state index contributed by atoms with van der Waals surface area (Å²) in [5.41, 5.74) is 1.56. The van der Waals surface area contributed by atoms with Gasteiger partial charge in [0.05, 0.1) is 13.2 Å². The molecule has 0 atom stereocenters. The Hall–Kier alpha value is -0.900. The second kappa shape index (κ2) is 7.99. The third-order valence-corrected chi connectivity index (χ3v) is 6.55. The maximum atomic E-state index is 5.50. The summed E-state index contributed by atoms with van der Waals surface area (Å²) in [7, 11) is 0. The maximum absolute atomic E-state index is 5.50. The predicted octanol–water partition coefficient (Wildman–Crippen LogP) is 3.51. The largest absolute Gasteiger partial charge is 0.379 e. The number of benzene rings is 1. The summed E-state index contributed by atoms with van der Waals surface area (Å²) in [6, 6.07) is 12.8. The van der Waals surface area contributed by atoms with E-state index in [-0.39, 0.29) is 0 Å². The lowest BCUT2D eigenvalue weighted by Gasteiger charge is -2.44. The van der Waals surface area contributed by atoms with E-state index in [9.17, 15) is 0 Å². The molecule has 3 fully saturated rings. The molecular weight excluding hydrogens is 296 g/mol. The third kappa shape index (κ3) is 3.84. The molecular formula is C21H32N2O. The highest BCUT2D eigenvalue weighted by Crippen LogP contribution is 2.35. The van der Waals surface area contributed by atoms with Crippen LogP contribution in [0.1, 0.15) is 50.0 Å². The van der Waals surface area contributed by atoms with Gasteiger partial charge in [0.1, 0.15) is 0 Å². The molecule has 24 heavy (non-hydrogen) atoms. The van der Waals surface area contributed by atoms with Crippen molar-refractivity contribution in [3.8, 4) is 0 Å². The van der Waals surface area contributed by atoms with Gasteiger partial charge in [-0.2, -0.15) is 0 Å². The van der Waals surface area contributed by atoms with E-state index in [1.54, 1.807) is 5.56 Å². The van der Waals surface area contributed by atoms with E-state index in [2.05, 4.69) is 40.1 Å². The first-order valence-electron chi connectivity index (χ1n) is 10.0. The highest BCUT2D eigenvalue weighted by atomic mass is 16.5. The molecule has 1 aliphatic carbocycles. The first kappa shape index (κ1) is 16.6. The zero-order valence-corrected chi connectivity index (χ0v) is 14.9. The number of likely N-dealkylation sites (tertiary alicyclic amines) is 1. The smallest absolute Gasteiger partial charge is 0.0594 e. The summed E-state index contributed by atoms with van der Waals surface area (Å²) in [6.07, 6.45) is 8.25. The van der Waals surface area contributed by atoms with Gasteiger partial charge in [-0.05, 0) is 63.1 Å². The molecule has 0 radical (unpaired) electrons. The Morgan fingerprint density at radius 3 is 1.92 bits per heavy atom.